The summed E-state index contributed by atoms with van der Waals surface area (Å²) in [4.78, 5) is 41.2. The quantitative estimate of drug-likeness (QED) is 0.256. The highest BCUT2D eigenvalue weighted by Gasteiger charge is 2.62. The van der Waals surface area contributed by atoms with Crippen LogP contribution in [0.4, 0.5) is 0 Å². The van der Waals surface area contributed by atoms with Crippen LogP contribution in [0.5, 0.6) is 0 Å². The number of rotatable bonds is 8. The lowest BCUT2D eigenvalue weighted by Gasteiger charge is -2.51. The minimum absolute atomic E-state index is 0.0343. The number of carbonyl (C=O) groups excluding carboxylic acids is 3. The zero-order valence-corrected chi connectivity index (χ0v) is 21.1. The lowest BCUT2D eigenvalue weighted by atomic mass is 9.74. The molecule has 2 fully saturated rings. The first kappa shape index (κ1) is 24.7. The second-order valence-electron chi connectivity index (χ2n) is 10.6. The Labute approximate surface area is 191 Å². The molecule has 0 bridgehead atoms. The van der Waals surface area contributed by atoms with Gasteiger partial charge in [0.15, 0.2) is 8.32 Å². The van der Waals surface area contributed by atoms with Crippen molar-refractivity contribution in [1.82, 2.24) is 9.80 Å². The molecular formula is C23H37N3O5Si. The number of ether oxygens (including phenoxy) is 1. The monoisotopic (exact) mass is 463 g/mol. The molecule has 0 aromatic carbocycles. The van der Waals surface area contributed by atoms with Crippen molar-refractivity contribution in [1.29, 1.82) is 0 Å². The highest BCUT2D eigenvalue weighted by atomic mass is 28.4. The molecular weight excluding hydrogens is 426 g/mol. The molecule has 2 saturated heterocycles. The summed E-state index contributed by atoms with van der Waals surface area (Å²) in [5.41, 5.74) is 6.59. The van der Waals surface area contributed by atoms with Gasteiger partial charge >= 0.3 is 5.97 Å². The van der Waals surface area contributed by atoms with Crippen LogP contribution in [0.3, 0.4) is 0 Å². The third kappa shape index (κ3) is 4.30. The van der Waals surface area contributed by atoms with Crippen LogP contribution in [0.25, 0.3) is 0 Å². The van der Waals surface area contributed by atoms with Gasteiger partial charge in [0.1, 0.15) is 12.3 Å². The van der Waals surface area contributed by atoms with E-state index >= 15 is 0 Å². The van der Waals surface area contributed by atoms with Gasteiger partial charge in [0, 0.05) is 12.5 Å². The van der Waals surface area contributed by atoms with Gasteiger partial charge in [-0.15, -0.1) is 0 Å². The van der Waals surface area contributed by atoms with Crippen molar-refractivity contribution in [2.75, 3.05) is 26.2 Å². The fraction of sp³-hybridized carbons (Fsp3) is 0.696. The number of amides is 2. The number of esters is 1. The van der Waals surface area contributed by atoms with E-state index in [1.54, 1.807) is 4.90 Å². The first-order valence-electron chi connectivity index (χ1n) is 11.3. The van der Waals surface area contributed by atoms with Crippen LogP contribution >= 0.6 is 0 Å². The van der Waals surface area contributed by atoms with E-state index in [4.69, 9.17) is 14.9 Å². The average Bonchev–Trinajstić information content (AvgIpc) is 2.94. The molecule has 3 aliphatic heterocycles. The van der Waals surface area contributed by atoms with Crippen molar-refractivity contribution in [3.05, 3.63) is 23.9 Å². The molecule has 3 aliphatic rings. The summed E-state index contributed by atoms with van der Waals surface area (Å²) in [6.45, 7) is 17.8. The van der Waals surface area contributed by atoms with Gasteiger partial charge < -0.3 is 19.8 Å². The fourth-order valence-corrected chi connectivity index (χ4v) is 6.35. The van der Waals surface area contributed by atoms with Crippen LogP contribution in [-0.4, -0.2) is 74.3 Å². The van der Waals surface area contributed by atoms with Gasteiger partial charge in [-0.2, -0.15) is 0 Å². The van der Waals surface area contributed by atoms with E-state index in [1.165, 1.54) is 6.08 Å². The molecule has 178 valence electrons. The summed E-state index contributed by atoms with van der Waals surface area (Å²) in [7, 11) is -2.06. The topological polar surface area (TPSA) is 102 Å². The summed E-state index contributed by atoms with van der Waals surface area (Å²) in [6, 6.07) is -0.112. The minimum atomic E-state index is -2.06. The largest absolute Gasteiger partial charge is 0.457 e. The van der Waals surface area contributed by atoms with Gasteiger partial charge in [-0.25, -0.2) is 4.79 Å². The molecule has 0 spiro atoms. The molecule has 8 nitrogen and oxygen atoms in total. The Balaban J connectivity index is 1.87. The van der Waals surface area contributed by atoms with Crippen molar-refractivity contribution in [3.8, 4) is 0 Å². The van der Waals surface area contributed by atoms with Crippen molar-refractivity contribution >= 4 is 26.1 Å². The molecule has 2 N–H and O–H groups in total. The number of nitrogens with two attached hydrogens (primary N) is 1. The Morgan fingerprint density at radius 3 is 2.56 bits per heavy atom. The highest BCUT2D eigenvalue weighted by Crippen LogP contribution is 2.51. The van der Waals surface area contributed by atoms with Crippen LogP contribution in [0.2, 0.25) is 18.1 Å². The maximum Gasteiger partial charge on any atom is 0.355 e. The van der Waals surface area contributed by atoms with Gasteiger partial charge in [-0.05, 0) is 43.6 Å². The maximum absolute atomic E-state index is 13.3. The summed E-state index contributed by atoms with van der Waals surface area (Å²) in [5.74, 6) is -1.25. The van der Waals surface area contributed by atoms with Crippen LogP contribution < -0.4 is 5.73 Å². The van der Waals surface area contributed by atoms with Gasteiger partial charge in [-0.3, -0.25) is 14.5 Å². The molecule has 0 aromatic heterocycles. The number of carbonyl (C=O) groups is 3. The minimum Gasteiger partial charge on any atom is -0.457 e. The Morgan fingerprint density at radius 2 is 2.00 bits per heavy atom. The van der Waals surface area contributed by atoms with Gasteiger partial charge in [0.05, 0.1) is 24.6 Å². The van der Waals surface area contributed by atoms with E-state index in [9.17, 15) is 14.4 Å². The van der Waals surface area contributed by atoms with E-state index in [1.807, 2.05) is 11.8 Å². The number of hydrogen-bond donors (Lipinski definition) is 1. The third-order valence-corrected chi connectivity index (χ3v) is 12.0. The predicted molar refractivity (Wildman–Crippen MR) is 124 cm³/mol. The van der Waals surface area contributed by atoms with Crippen LogP contribution in [0, 0.1) is 11.8 Å². The molecule has 9 heteroatoms. The highest BCUT2D eigenvalue weighted by molar-refractivity contribution is 6.74. The Hall–Kier alpha value is -1.97. The normalized spacial score (nSPS) is 26.9. The first-order valence-corrected chi connectivity index (χ1v) is 14.2. The standard InChI is InChI=1S/C23H37N3O5Si/c1-8-11-30-22(29)20-16-12-25(13-17(24)27)10-9-15(16)19-18(21(28)26(19)20)14(2)31-32(6,7)23(3,4)5/h8,14-15,18-19H,1,9-13H2,2-7H3,(H2,24,27)/t14-,15+,18-,19-/m1/s1. The number of nitrogens with zero attached hydrogens (tertiary/aromatic N) is 2. The maximum atomic E-state index is 13.3. The predicted octanol–water partition coefficient (Wildman–Crippen LogP) is 2.03. The number of primary amides is 1. The second kappa shape index (κ2) is 8.76. The van der Waals surface area contributed by atoms with E-state index in [0.717, 1.165) is 12.0 Å². The summed E-state index contributed by atoms with van der Waals surface area (Å²) in [6.07, 6.45) is 2.01. The van der Waals surface area contributed by atoms with Gasteiger partial charge in [-0.1, -0.05) is 33.4 Å². The van der Waals surface area contributed by atoms with Crippen LogP contribution in [-0.2, 0) is 23.5 Å². The number of hydrogen-bond acceptors (Lipinski definition) is 6. The van der Waals surface area contributed by atoms with Crippen molar-refractivity contribution in [2.24, 2.45) is 17.6 Å². The molecule has 32 heavy (non-hydrogen) atoms. The number of piperidine rings is 1. The van der Waals surface area contributed by atoms with Gasteiger partial charge in [0.25, 0.3) is 0 Å². The molecule has 0 aliphatic carbocycles. The summed E-state index contributed by atoms with van der Waals surface area (Å²) in [5, 5.41) is 0.0343. The Kier molecular flexibility index (Phi) is 6.75. The van der Waals surface area contributed by atoms with Crippen molar-refractivity contribution < 1.29 is 23.5 Å². The molecule has 0 radical (unpaired) electrons. The van der Waals surface area contributed by atoms with Crippen molar-refractivity contribution in [3.63, 3.8) is 0 Å². The van der Waals surface area contributed by atoms with E-state index < -0.39 is 20.2 Å². The zero-order valence-electron chi connectivity index (χ0n) is 20.1. The first-order chi connectivity index (χ1) is 14.8. The molecule has 4 atom stereocenters. The SMILES string of the molecule is C=CCOC(=O)C1=C2CN(CC(N)=O)CC[C@@H]2[C@@H]2[C@@H]([C@@H](C)O[Si](C)(C)C(C)(C)C)C(=O)N12. The van der Waals surface area contributed by atoms with E-state index in [0.29, 0.717) is 18.8 Å². The molecule has 0 aromatic rings. The Bertz CT molecular complexity index is 847. The number of likely N-dealkylation sites (tertiary alicyclic amines) is 1. The molecule has 0 unspecified atom stereocenters. The molecule has 3 rings (SSSR count). The number of β-lactam (4-membered cyclic amide) rings is 1. The van der Waals surface area contributed by atoms with Crippen LogP contribution in [0.15, 0.2) is 23.9 Å². The lowest BCUT2D eigenvalue weighted by molar-refractivity contribution is -0.163. The Morgan fingerprint density at radius 1 is 1.34 bits per heavy atom. The van der Waals surface area contributed by atoms with E-state index in [-0.39, 0.29) is 48.1 Å². The molecule has 0 saturated carbocycles. The zero-order chi connectivity index (χ0) is 24.0. The molecule has 2 amide bonds. The fourth-order valence-electron chi connectivity index (χ4n) is 4.92. The molecule has 3 heterocycles. The third-order valence-electron chi connectivity index (χ3n) is 7.44. The lowest BCUT2D eigenvalue weighted by Crippen LogP contribution is -2.65. The van der Waals surface area contributed by atoms with Gasteiger partial charge in [0.2, 0.25) is 11.8 Å². The summed E-state index contributed by atoms with van der Waals surface area (Å²) < 4.78 is 11.9. The average molecular weight is 464 g/mol. The van der Waals surface area contributed by atoms with Crippen LogP contribution in [0.1, 0.15) is 34.1 Å². The summed E-state index contributed by atoms with van der Waals surface area (Å²) >= 11 is 0. The van der Waals surface area contributed by atoms with E-state index in [2.05, 4.69) is 40.4 Å². The smallest absolute Gasteiger partial charge is 0.355 e. The number of fused-ring (bicyclic) bond motifs is 3. The second-order valence-corrected chi connectivity index (χ2v) is 15.4. The van der Waals surface area contributed by atoms with Crippen molar-refractivity contribution in [2.45, 2.75) is 64.4 Å².